The molecule has 0 aromatic heterocycles. The third kappa shape index (κ3) is 3.54. The minimum Gasteiger partial charge on any atom is -0.307 e. The fourth-order valence-electron chi connectivity index (χ4n) is 6.41. The molecule has 4 bridgehead atoms. The first-order chi connectivity index (χ1) is 12.4. The third-order valence-electron chi connectivity index (χ3n) is 7.11. The Morgan fingerprint density at radius 3 is 2.30 bits per heavy atom. The van der Waals surface area contributed by atoms with Crippen LogP contribution in [0.15, 0.2) is 23.1 Å². The Kier molecular flexibility index (Phi) is 5.07. The van der Waals surface area contributed by atoms with Crippen molar-refractivity contribution in [2.24, 2.45) is 17.8 Å². The van der Waals surface area contributed by atoms with Gasteiger partial charge in [-0.3, -0.25) is 0 Å². The van der Waals surface area contributed by atoms with Crippen LogP contribution in [-0.2, 0) is 23.0 Å². The fraction of sp³-hybridized carbons (Fsp3) is 0.700. The number of benzene rings is 1. The van der Waals surface area contributed by atoms with Gasteiger partial charge in [0.2, 0.25) is 10.0 Å². The number of fused-ring (bicyclic) bond motifs is 1. The first kappa shape index (κ1) is 19.6. The number of hydrogen-bond donors (Lipinski definition) is 2. The van der Waals surface area contributed by atoms with Crippen LogP contribution in [0.2, 0.25) is 0 Å². The van der Waals surface area contributed by atoms with Gasteiger partial charge in [-0.2, -0.15) is 0 Å². The molecule has 1 aromatic carbocycles. The molecule has 0 spiro atoms. The van der Waals surface area contributed by atoms with Crippen LogP contribution in [0.5, 0.6) is 0 Å². The third-order valence-corrected chi connectivity index (χ3v) is 8.69. The van der Waals surface area contributed by atoms with Crippen LogP contribution in [0, 0.1) is 17.8 Å². The number of rotatable bonds is 4. The van der Waals surface area contributed by atoms with Crippen LogP contribution in [0.25, 0.3) is 0 Å². The Balaban J connectivity index is 0.00000180. The van der Waals surface area contributed by atoms with Gasteiger partial charge in [0.25, 0.3) is 0 Å². The Hall–Kier alpha value is -0.690. The molecular formula is C20H28ClFN2O2S. The molecule has 1 aromatic rings. The van der Waals surface area contributed by atoms with Crippen LogP contribution < -0.4 is 10.0 Å². The Morgan fingerprint density at radius 2 is 1.70 bits per heavy atom. The Bertz CT molecular complexity index is 794. The summed E-state index contributed by atoms with van der Waals surface area (Å²) in [5.41, 5.74) is 1.81. The van der Waals surface area contributed by atoms with E-state index in [0.717, 1.165) is 30.4 Å². The summed E-state index contributed by atoms with van der Waals surface area (Å²) in [5, 5.41) is 3.14. The number of nitrogens with one attached hydrogen (secondary N) is 2. The standard InChI is InChI=1S/C20H27FN2O2S.ClH/c21-11-18-6-16-1-2-19(7-17(16)12-22-18)26(24,25)23-20-8-13-3-14(9-20)5-15(4-13)10-20;/h1-2,7,13-15,18,22-23H,3-6,8-12H2;1H. The molecule has 5 aliphatic rings. The van der Waals surface area contributed by atoms with Gasteiger partial charge < -0.3 is 5.32 Å². The molecule has 4 aliphatic carbocycles. The van der Waals surface area contributed by atoms with Crippen molar-refractivity contribution in [3.8, 4) is 0 Å². The molecule has 1 unspecified atom stereocenters. The number of sulfonamides is 1. The summed E-state index contributed by atoms with van der Waals surface area (Å²) in [4.78, 5) is 0.354. The molecule has 7 heteroatoms. The maximum Gasteiger partial charge on any atom is 0.241 e. The van der Waals surface area contributed by atoms with E-state index in [0.29, 0.717) is 35.6 Å². The van der Waals surface area contributed by atoms with Gasteiger partial charge in [-0.05, 0) is 86.0 Å². The Morgan fingerprint density at radius 1 is 1.07 bits per heavy atom. The highest BCUT2D eigenvalue weighted by molar-refractivity contribution is 7.89. The largest absolute Gasteiger partial charge is 0.307 e. The Labute approximate surface area is 167 Å². The van der Waals surface area contributed by atoms with E-state index in [-0.39, 0.29) is 24.0 Å². The van der Waals surface area contributed by atoms with Gasteiger partial charge in [0, 0.05) is 18.1 Å². The first-order valence-electron chi connectivity index (χ1n) is 9.90. The molecule has 1 heterocycles. The first-order valence-corrected chi connectivity index (χ1v) is 11.4. The lowest BCUT2D eigenvalue weighted by atomic mass is 9.53. The van der Waals surface area contributed by atoms with Crippen LogP contribution in [0.4, 0.5) is 4.39 Å². The van der Waals surface area contributed by atoms with Crippen molar-refractivity contribution in [3.05, 3.63) is 29.3 Å². The molecule has 0 amide bonds. The zero-order valence-corrected chi connectivity index (χ0v) is 17.0. The SMILES string of the molecule is Cl.O=S(=O)(NC12CC3CC(CC(C3)C1)C2)c1ccc2c(c1)CNC(CF)C2. The van der Waals surface area contributed by atoms with Gasteiger partial charge in [0.15, 0.2) is 0 Å². The molecule has 1 aliphatic heterocycles. The van der Waals surface area contributed by atoms with Crippen molar-refractivity contribution in [2.75, 3.05) is 6.67 Å². The van der Waals surface area contributed by atoms with E-state index in [9.17, 15) is 12.8 Å². The predicted octanol–water partition coefficient (Wildman–Crippen LogP) is 3.34. The molecule has 0 saturated heterocycles. The summed E-state index contributed by atoms with van der Waals surface area (Å²) < 4.78 is 42.3. The highest BCUT2D eigenvalue weighted by Crippen LogP contribution is 2.56. The van der Waals surface area contributed by atoms with Crippen molar-refractivity contribution >= 4 is 22.4 Å². The van der Waals surface area contributed by atoms with Gasteiger partial charge in [-0.25, -0.2) is 17.5 Å². The average molecular weight is 415 g/mol. The average Bonchev–Trinajstić information content (AvgIpc) is 2.58. The summed E-state index contributed by atoms with van der Waals surface area (Å²) in [6.45, 7) is 0.137. The van der Waals surface area contributed by atoms with Crippen molar-refractivity contribution in [1.29, 1.82) is 0 Å². The lowest BCUT2D eigenvalue weighted by Crippen LogP contribution is -2.59. The van der Waals surface area contributed by atoms with Gasteiger partial charge in [-0.15, -0.1) is 12.4 Å². The summed E-state index contributed by atoms with van der Waals surface area (Å²) in [6, 6.07) is 5.18. The molecule has 6 rings (SSSR count). The molecular weight excluding hydrogens is 387 g/mol. The monoisotopic (exact) mass is 414 g/mol. The zero-order valence-electron chi connectivity index (χ0n) is 15.4. The topological polar surface area (TPSA) is 58.2 Å². The van der Waals surface area contributed by atoms with Crippen molar-refractivity contribution in [1.82, 2.24) is 10.0 Å². The summed E-state index contributed by atoms with van der Waals surface area (Å²) in [6.07, 6.45) is 7.51. The van der Waals surface area contributed by atoms with Crippen LogP contribution in [0.1, 0.15) is 49.7 Å². The van der Waals surface area contributed by atoms with Crippen molar-refractivity contribution in [3.63, 3.8) is 0 Å². The van der Waals surface area contributed by atoms with Crippen LogP contribution >= 0.6 is 12.4 Å². The second kappa shape index (κ2) is 6.97. The molecule has 27 heavy (non-hydrogen) atoms. The van der Waals surface area contributed by atoms with E-state index in [1.807, 2.05) is 6.07 Å². The molecule has 0 radical (unpaired) electrons. The predicted molar refractivity (Wildman–Crippen MR) is 105 cm³/mol. The highest BCUT2D eigenvalue weighted by atomic mass is 35.5. The second-order valence-corrected chi connectivity index (χ2v) is 10.9. The lowest BCUT2D eigenvalue weighted by molar-refractivity contribution is -0.00810. The number of hydrogen-bond acceptors (Lipinski definition) is 3. The maximum absolute atomic E-state index is 13.1. The van der Waals surface area contributed by atoms with E-state index in [4.69, 9.17) is 0 Å². The molecule has 4 fully saturated rings. The second-order valence-electron chi connectivity index (χ2n) is 9.17. The van der Waals surface area contributed by atoms with Gasteiger partial charge in [-0.1, -0.05) is 6.07 Å². The van der Waals surface area contributed by atoms with E-state index < -0.39 is 16.7 Å². The zero-order chi connectivity index (χ0) is 17.9. The van der Waals surface area contributed by atoms with E-state index in [2.05, 4.69) is 10.0 Å². The smallest absolute Gasteiger partial charge is 0.241 e. The van der Waals surface area contributed by atoms with Crippen LogP contribution in [-0.4, -0.2) is 26.7 Å². The van der Waals surface area contributed by atoms with Gasteiger partial charge in [0.05, 0.1) is 4.90 Å². The number of halogens is 2. The van der Waals surface area contributed by atoms with E-state index in [1.165, 1.54) is 19.3 Å². The maximum atomic E-state index is 13.1. The fourth-order valence-corrected chi connectivity index (χ4v) is 7.90. The van der Waals surface area contributed by atoms with Crippen LogP contribution in [0.3, 0.4) is 0 Å². The van der Waals surface area contributed by atoms with E-state index in [1.54, 1.807) is 12.1 Å². The molecule has 2 N–H and O–H groups in total. The molecule has 4 nitrogen and oxygen atoms in total. The normalized spacial score (nSPS) is 36.9. The van der Waals surface area contributed by atoms with E-state index >= 15 is 0 Å². The van der Waals surface area contributed by atoms with Gasteiger partial charge >= 0.3 is 0 Å². The highest BCUT2D eigenvalue weighted by Gasteiger charge is 2.52. The quantitative estimate of drug-likeness (QED) is 0.794. The number of alkyl halides is 1. The molecule has 150 valence electrons. The van der Waals surface area contributed by atoms with Crippen molar-refractivity contribution in [2.45, 2.75) is 68.0 Å². The van der Waals surface area contributed by atoms with Crippen molar-refractivity contribution < 1.29 is 12.8 Å². The lowest BCUT2D eigenvalue weighted by Gasteiger charge is -2.56. The molecule has 1 atom stereocenters. The minimum absolute atomic E-state index is 0. The summed E-state index contributed by atoms with van der Waals surface area (Å²) >= 11 is 0. The molecule has 4 saturated carbocycles. The van der Waals surface area contributed by atoms with Gasteiger partial charge in [0.1, 0.15) is 6.67 Å². The summed E-state index contributed by atoms with van der Waals surface area (Å²) in [7, 11) is -3.53. The minimum atomic E-state index is -3.53. The summed E-state index contributed by atoms with van der Waals surface area (Å²) in [5.74, 6) is 2.11.